The highest BCUT2D eigenvalue weighted by Crippen LogP contribution is 2.35. The molecular formula is C9H7F5NO. The van der Waals surface area contributed by atoms with Crippen LogP contribution in [0, 0.1) is 0 Å². The molecule has 0 aliphatic heterocycles. The van der Waals surface area contributed by atoms with E-state index >= 15 is 0 Å². The number of halogens is 5. The lowest BCUT2D eigenvalue weighted by molar-refractivity contribution is -0.410. The van der Waals surface area contributed by atoms with E-state index in [0.717, 1.165) is 0 Å². The summed E-state index contributed by atoms with van der Waals surface area (Å²) in [5, 5.41) is 0. The zero-order valence-electron chi connectivity index (χ0n) is 7.84. The molecule has 0 aliphatic rings. The maximum atomic E-state index is 12.2. The first-order valence-electron chi connectivity index (χ1n) is 4.16. The maximum absolute atomic E-state index is 12.2. The van der Waals surface area contributed by atoms with Gasteiger partial charge < -0.3 is 0 Å². The van der Waals surface area contributed by atoms with Crippen molar-refractivity contribution in [2.45, 2.75) is 18.8 Å². The van der Waals surface area contributed by atoms with Crippen LogP contribution < -0.4 is 5.48 Å². The highest BCUT2D eigenvalue weighted by atomic mass is 19.4. The summed E-state index contributed by atoms with van der Waals surface area (Å²) in [5.74, 6) is 0. The van der Waals surface area contributed by atoms with Gasteiger partial charge in [-0.15, -0.1) is 0 Å². The molecule has 0 aliphatic carbocycles. The van der Waals surface area contributed by atoms with E-state index in [1.54, 1.807) is 18.2 Å². The van der Waals surface area contributed by atoms with E-state index < -0.39 is 12.3 Å². The molecule has 7 heteroatoms. The topological polar surface area (TPSA) is 23.3 Å². The minimum absolute atomic E-state index is 0.369. The molecule has 0 saturated heterocycles. The third-order valence-corrected chi connectivity index (χ3v) is 1.60. The number of hydrogen-bond acceptors (Lipinski definition) is 1. The van der Waals surface area contributed by atoms with Crippen molar-refractivity contribution >= 4 is 0 Å². The Kier molecular flexibility index (Phi) is 3.82. The van der Waals surface area contributed by atoms with Gasteiger partial charge in [-0.1, -0.05) is 35.8 Å². The fraction of sp³-hybridized carbons (Fsp3) is 0.333. The van der Waals surface area contributed by atoms with Crippen LogP contribution in [0.4, 0.5) is 22.0 Å². The zero-order chi connectivity index (χ0) is 12.2. The standard InChI is InChI=1S/C9H7F5NO/c10-8(11,12)9(13,14)16-15-6-7-4-2-1-3-5-7/h1-5H,6H2. The van der Waals surface area contributed by atoms with Crippen molar-refractivity contribution in [1.82, 2.24) is 5.48 Å². The second kappa shape index (κ2) is 4.75. The Morgan fingerprint density at radius 2 is 1.56 bits per heavy atom. The van der Waals surface area contributed by atoms with E-state index in [2.05, 4.69) is 10.3 Å². The number of hydrogen-bond donors (Lipinski definition) is 0. The Balaban J connectivity index is 2.42. The predicted molar refractivity (Wildman–Crippen MR) is 44.4 cm³/mol. The van der Waals surface area contributed by atoms with Gasteiger partial charge >= 0.3 is 12.3 Å². The quantitative estimate of drug-likeness (QED) is 0.586. The van der Waals surface area contributed by atoms with Gasteiger partial charge in [0.2, 0.25) is 0 Å². The Bertz CT molecular complexity index is 324. The minimum Gasteiger partial charge on any atom is -0.204 e. The molecule has 0 atom stereocenters. The van der Waals surface area contributed by atoms with Crippen LogP contribution in [-0.2, 0) is 11.4 Å². The van der Waals surface area contributed by atoms with E-state index in [0.29, 0.717) is 5.56 Å². The molecule has 1 rings (SSSR count). The Hall–Kier alpha value is -1.21. The zero-order valence-corrected chi connectivity index (χ0v) is 7.84. The molecule has 1 radical (unpaired) electrons. The van der Waals surface area contributed by atoms with Crippen molar-refractivity contribution in [3.63, 3.8) is 0 Å². The number of rotatable bonds is 4. The van der Waals surface area contributed by atoms with Crippen LogP contribution in [0.5, 0.6) is 0 Å². The second-order valence-electron chi connectivity index (χ2n) is 2.88. The van der Waals surface area contributed by atoms with Gasteiger partial charge in [-0.3, -0.25) is 0 Å². The van der Waals surface area contributed by atoms with Gasteiger partial charge in [0, 0.05) is 0 Å². The van der Waals surface area contributed by atoms with Crippen LogP contribution >= 0.6 is 0 Å². The first-order chi connectivity index (χ1) is 7.33. The Morgan fingerprint density at radius 1 is 1.00 bits per heavy atom. The number of hydroxylamine groups is 1. The molecule has 0 saturated carbocycles. The summed E-state index contributed by atoms with van der Waals surface area (Å²) in [5.41, 5.74) is 3.18. The minimum atomic E-state index is -5.76. The number of alkyl halides is 5. The number of nitrogens with zero attached hydrogens (tertiary/aromatic N) is 1. The van der Waals surface area contributed by atoms with Crippen LogP contribution in [0.3, 0.4) is 0 Å². The van der Waals surface area contributed by atoms with Gasteiger partial charge in [-0.05, 0) is 5.56 Å². The van der Waals surface area contributed by atoms with Crippen LogP contribution in [0.2, 0.25) is 0 Å². The van der Waals surface area contributed by atoms with Crippen molar-refractivity contribution in [2.24, 2.45) is 0 Å². The third-order valence-electron chi connectivity index (χ3n) is 1.60. The van der Waals surface area contributed by atoms with Gasteiger partial charge in [0.1, 0.15) is 0 Å². The maximum Gasteiger partial charge on any atom is 0.484 e. The van der Waals surface area contributed by atoms with E-state index in [9.17, 15) is 22.0 Å². The van der Waals surface area contributed by atoms with Crippen LogP contribution in [0.1, 0.15) is 5.56 Å². The van der Waals surface area contributed by atoms with E-state index in [4.69, 9.17) is 0 Å². The van der Waals surface area contributed by atoms with Crippen molar-refractivity contribution in [3.05, 3.63) is 35.9 Å². The van der Waals surface area contributed by atoms with Crippen LogP contribution in [0.25, 0.3) is 0 Å². The van der Waals surface area contributed by atoms with E-state index in [1.165, 1.54) is 12.1 Å². The molecule has 0 N–H and O–H groups in total. The first kappa shape index (κ1) is 12.9. The molecule has 2 nitrogen and oxygen atoms in total. The van der Waals surface area contributed by atoms with Gasteiger partial charge in [0.05, 0.1) is 6.54 Å². The number of benzene rings is 1. The van der Waals surface area contributed by atoms with Crippen LogP contribution in [0.15, 0.2) is 30.3 Å². The monoisotopic (exact) mass is 240 g/mol. The molecule has 0 heterocycles. The molecule has 0 amide bonds. The van der Waals surface area contributed by atoms with Gasteiger partial charge in [0.15, 0.2) is 0 Å². The molecule has 0 spiro atoms. The largest absolute Gasteiger partial charge is 0.484 e. The molecule has 89 valence electrons. The van der Waals surface area contributed by atoms with Crippen molar-refractivity contribution < 1.29 is 26.8 Å². The lowest BCUT2D eigenvalue weighted by atomic mass is 10.2. The van der Waals surface area contributed by atoms with Gasteiger partial charge in [0.25, 0.3) is 0 Å². The van der Waals surface area contributed by atoms with E-state index in [1.807, 2.05) is 0 Å². The molecule has 0 fully saturated rings. The third kappa shape index (κ3) is 3.42. The fourth-order valence-electron chi connectivity index (χ4n) is 0.823. The summed E-state index contributed by atoms with van der Waals surface area (Å²) in [4.78, 5) is 3.16. The molecule has 0 unspecified atom stereocenters. The average Bonchev–Trinajstić information content (AvgIpc) is 2.17. The van der Waals surface area contributed by atoms with Crippen molar-refractivity contribution in [1.29, 1.82) is 0 Å². The fourth-order valence-corrected chi connectivity index (χ4v) is 0.823. The smallest absolute Gasteiger partial charge is 0.204 e. The molecule has 16 heavy (non-hydrogen) atoms. The summed E-state index contributed by atoms with van der Waals surface area (Å²) < 4.78 is 59.3. The van der Waals surface area contributed by atoms with E-state index in [-0.39, 0.29) is 6.54 Å². The molecular weight excluding hydrogens is 233 g/mol. The van der Waals surface area contributed by atoms with Crippen LogP contribution in [-0.4, -0.2) is 12.3 Å². The Morgan fingerprint density at radius 3 is 2.06 bits per heavy atom. The molecule has 1 aromatic rings. The lowest BCUT2D eigenvalue weighted by Crippen LogP contribution is -2.41. The Labute approximate surface area is 88.0 Å². The first-order valence-corrected chi connectivity index (χ1v) is 4.16. The molecule has 0 bridgehead atoms. The summed E-state index contributed by atoms with van der Waals surface area (Å²) in [6.45, 7) is -0.369. The summed E-state index contributed by atoms with van der Waals surface area (Å²) >= 11 is 0. The van der Waals surface area contributed by atoms with Gasteiger partial charge in [-0.2, -0.15) is 22.0 Å². The van der Waals surface area contributed by atoms with Crippen molar-refractivity contribution in [2.75, 3.05) is 0 Å². The predicted octanol–water partition coefficient (Wildman–Crippen LogP) is 2.88. The second-order valence-corrected chi connectivity index (χ2v) is 2.88. The van der Waals surface area contributed by atoms with Gasteiger partial charge in [-0.25, -0.2) is 4.84 Å². The highest BCUT2D eigenvalue weighted by Gasteiger charge is 2.60. The van der Waals surface area contributed by atoms with Crippen molar-refractivity contribution in [3.8, 4) is 0 Å². The summed E-state index contributed by atoms with van der Waals surface area (Å²) in [6.07, 6.45) is -11.0. The highest BCUT2D eigenvalue weighted by molar-refractivity contribution is 5.13. The lowest BCUT2D eigenvalue weighted by Gasteiger charge is -2.17. The molecule has 0 aromatic heterocycles. The summed E-state index contributed by atoms with van der Waals surface area (Å²) in [7, 11) is 0. The SMILES string of the molecule is FC(F)(F)C(F)(F)O[N]Cc1ccccc1. The summed E-state index contributed by atoms with van der Waals surface area (Å²) in [6, 6.07) is 7.94. The average molecular weight is 240 g/mol. The normalized spacial score (nSPS) is 12.8. The molecule has 1 aromatic carbocycles.